The van der Waals surface area contributed by atoms with E-state index in [4.69, 9.17) is 47.1 Å². The van der Waals surface area contributed by atoms with E-state index in [0.29, 0.717) is 11.4 Å². The molecule has 2 aromatic rings. The number of anilines is 2. The molecule has 0 aromatic heterocycles. The molecule has 0 fully saturated rings. The summed E-state index contributed by atoms with van der Waals surface area (Å²) in [6.45, 7) is 0. The summed E-state index contributed by atoms with van der Waals surface area (Å²) in [5.74, 6) is 0. The topological polar surface area (TPSA) is 6.48 Å². The lowest BCUT2D eigenvalue weighted by Crippen LogP contribution is -1.92. The van der Waals surface area contributed by atoms with E-state index in [1.165, 1.54) is 0 Å². The molecule has 0 heterocycles. The maximum atomic E-state index is 5.62. The number of halogens is 4. The molecular formula is C12H8Cl4N2. The Hall–Kier alpha value is -0.800. The summed E-state index contributed by atoms with van der Waals surface area (Å²) < 4.78 is 2.04. The van der Waals surface area contributed by atoms with Crippen LogP contribution in [0.1, 0.15) is 0 Å². The molecule has 2 nitrogen and oxygen atoms in total. The van der Waals surface area contributed by atoms with Crippen molar-refractivity contribution in [1.82, 2.24) is 0 Å². The largest absolute Gasteiger partial charge is 0.194 e. The molecule has 0 saturated heterocycles. The van der Waals surface area contributed by atoms with E-state index in [1.807, 2.05) is 48.5 Å². The summed E-state index contributed by atoms with van der Waals surface area (Å²) in [6.07, 6.45) is 0. The molecule has 2 aromatic carbocycles. The SMILES string of the molecule is ClN(Cl)c1ccc(-c2ccc(N(Cl)Cl)cc2)cc1. The lowest BCUT2D eigenvalue weighted by atomic mass is 10.1. The van der Waals surface area contributed by atoms with Crippen LogP contribution in [0, 0.1) is 0 Å². The second-order valence-electron chi connectivity index (χ2n) is 3.56. The Balaban J connectivity index is 2.25. The zero-order valence-corrected chi connectivity index (χ0v) is 12.0. The van der Waals surface area contributed by atoms with Crippen LogP contribution in [0.15, 0.2) is 48.5 Å². The molecule has 0 atom stereocenters. The van der Waals surface area contributed by atoms with Crippen molar-refractivity contribution in [2.75, 3.05) is 7.88 Å². The molecule has 18 heavy (non-hydrogen) atoms. The van der Waals surface area contributed by atoms with Crippen LogP contribution in [0.3, 0.4) is 0 Å². The van der Waals surface area contributed by atoms with Gasteiger partial charge < -0.3 is 0 Å². The van der Waals surface area contributed by atoms with Gasteiger partial charge in [0, 0.05) is 47.1 Å². The van der Waals surface area contributed by atoms with Gasteiger partial charge in [-0.15, -0.1) is 0 Å². The maximum Gasteiger partial charge on any atom is 0.0710 e. The average Bonchev–Trinajstić information content (AvgIpc) is 2.39. The van der Waals surface area contributed by atoms with Gasteiger partial charge in [-0.2, -0.15) is 7.88 Å². The molecule has 0 aliphatic carbocycles. The Morgan fingerprint density at radius 1 is 0.500 bits per heavy atom. The minimum atomic E-state index is 0.714. The van der Waals surface area contributed by atoms with E-state index >= 15 is 0 Å². The van der Waals surface area contributed by atoms with Crippen molar-refractivity contribution in [3.05, 3.63) is 48.5 Å². The van der Waals surface area contributed by atoms with Crippen molar-refractivity contribution >= 4 is 58.5 Å². The van der Waals surface area contributed by atoms with Crippen LogP contribution in [0.2, 0.25) is 0 Å². The van der Waals surface area contributed by atoms with Gasteiger partial charge in [-0.25, -0.2) is 0 Å². The molecule has 94 valence electrons. The molecule has 0 bridgehead atoms. The number of benzene rings is 2. The van der Waals surface area contributed by atoms with Crippen molar-refractivity contribution < 1.29 is 0 Å². The Morgan fingerprint density at radius 3 is 1.00 bits per heavy atom. The fraction of sp³-hybridized carbons (Fsp3) is 0. The van der Waals surface area contributed by atoms with Crippen LogP contribution in [-0.4, -0.2) is 0 Å². The smallest absolute Gasteiger partial charge is 0.0710 e. The first-order valence-corrected chi connectivity index (χ1v) is 6.37. The second kappa shape index (κ2) is 5.89. The first-order chi connectivity index (χ1) is 8.58. The van der Waals surface area contributed by atoms with E-state index < -0.39 is 0 Å². The molecule has 0 N–H and O–H groups in total. The van der Waals surface area contributed by atoms with E-state index in [9.17, 15) is 0 Å². The van der Waals surface area contributed by atoms with Gasteiger partial charge in [0.25, 0.3) is 0 Å². The third-order valence-corrected chi connectivity index (χ3v) is 3.24. The van der Waals surface area contributed by atoms with Crippen LogP contribution in [0.5, 0.6) is 0 Å². The highest BCUT2D eigenvalue weighted by molar-refractivity contribution is 6.49. The summed E-state index contributed by atoms with van der Waals surface area (Å²) >= 11 is 22.5. The third-order valence-electron chi connectivity index (χ3n) is 2.46. The van der Waals surface area contributed by atoms with Gasteiger partial charge in [0.15, 0.2) is 0 Å². The molecule has 0 spiro atoms. The molecule has 0 aliphatic rings. The van der Waals surface area contributed by atoms with E-state index in [2.05, 4.69) is 0 Å². The van der Waals surface area contributed by atoms with Crippen molar-refractivity contribution in [3.63, 3.8) is 0 Å². The Labute approximate surface area is 126 Å². The molecular weight excluding hydrogens is 314 g/mol. The summed E-state index contributed by atoms with van der Waals surface area (Å²) in [6, 6.07) is 15.1. The van der Waals surface area contributed by atoms with Crippen LogP contribution in [0.4, 0.5) is 11.4 Å². The highest BCUT2D eigenvalue weighted by atomic mass is 35.5. The monoisotopic (exact) mass is 320 g/mol. The molecule has 0 saturated carbocycles. The van der Waals surface area contributed by atoms with Crippen molar-refractivity contribution in [2.45, 2.75) is 0 Å². The maximum absolute atomic E-state index is 5.62. The Morgan fingerprint density at radius 2 is 0.778 bits per heavy atom. The average molecular weight is 322 g/mol. The molecule has 0 radical (unpaired) electrons. The number of rotatable bonds is 3. The van der Waals surface area contributed by atoms with Gasteiger partial charge in [-0.1, -0.05) is 24.3 Å². The van der Waals surface area contributed by atoms with Gasteiger partial charge in [0.1, 0.15) is 0 Å². The second-order valence-corrected chi connectivity index (χ2v) is 5.26. The van der Waals surface area contributed by atoms with Crippen LogP contribution >= 0.6 is 47.1 Å². The van der Waals surface area contributed by atoms with Gasteiger partial charge in [-0.05, 0) is 35.4 Å². The molecule has 0 aliphatic heterocycles. The van der Waals surface area contributed by atoms with Crippen molar-refractivity contribution in [2.24, 2.45) is 0 Å². The van der Waals surface area contributed by atoms with Crippen LogP contribution in [-0.2, 0) is 0 Å². The predicted molar refractivity (Wildman–Crippen MR) is 80.2 cm³/mol. The zero-order chi connectivity index (χ0) is 13.1. The predicted octanol–water partition coefficient (Wildman–Crippen LogP) is 5.58. The number of hydrogen-bond acceptors (Lipinski definition) is 2. The summed E-state index contributed by atoms with van der Waals surface area (Å²) in [4.78, 5) is 0. The third kappa shape index (κ3) is 3.15. The van der Waals surface area contributed by atoms with Crippen LogP contribution in [0.25, 0.3) is 11.1 Å². The highest BCUT2D eigenvalue weighted by Crippen LogP contribution is 2.27. The summed E-state index contributed by atoms with van der Waals surface area (Å²) in [5, 5.41) is 0. The zero-order valence-electron chi connectivity index (χ0n) is 9.03. The van der Waals surface area contributed by atoms with Gasteiger partial charge in [-0.3, -0.25) is 0 Å². The van der Waals surface area contributed by atoms with Gasteiger partial charge in [0.05, 0.1) is 11.4 Å². The molecule has 0 amide bonds. The number of hydrogen-bond donors (Lipinski definition) is 0. The summed E-state index contributed by atoms with van der Waals surface area (Å²) in [5.41, 5.74) is 3.53. The standard InChI is InChI=1S/C12H8Cl4N2/c13-17(14)11-5-1-9(2-6-11)10-3-7-12(8-4-10)18(15)16/h1-8H. The number of nitrogens with zero attached hydrogens (tertiary/aromatic N) is 2. The van der Waals surface area contributed by atoms with Crippen LogP contribution < -0.4 is 7.88 Å². The normalized spacial score (nSPS) is 10.2. The van der Waals surface area contributed by atoms with E-state index in [-0.39, 0.29) is 0 Å². The minimum Gasteiger partial charge on any atom is -0.194 e. The molecule has 0 unspecified atom stereocenters. The molecule has 6 heteroatoms. The lowest BCUT2D eigenvalue weighted by Gasteiger charge is -2.09. The van der Waals surface area contributed by atoms with E-state index in [0.717, 1.165) is 19.0 Å². The molecule has 2 rings (SSSR count). The first kappa shape index (κ1) is 13.6. The Bertz CT molecular complexity index is 459. The summed E-state index contributed by atoms with van der Waals surface area (Å²) in [7, 11) is 0. The van der Waals surface area contributed by atoms with Gasteiger partial charge in [0.2, 0.25) is 0 Å². The fourth-order valence-electron chi connectivity index (χ4n) is 1.53. The quantitative estimate of drug-likeness (QED) is 0.681. The van der Waals surface area contributed by atoms with Crippen molar-refractivity contribution in [3.8, 4) is 11.1 Å². The van der Waals surface area contributed by atoms with Crippen molar-refractivity contribution in [1.29, 1.82) is 0 Å². The fourth-order valence-corrected chi connectivity index (χ4v) is 1.98. The van der Waals surface area contributed by atoms with Gasteiger partial charge >= 0.3 is 0 Å². The first-order valence-electron chi connectivity index (χ1n) is 5.02. The highest BCUT2D eigenvalue weighted by Gasteiger charge is 2.03. The van der Waals surface area contributed by atoms with E-state index in [1.54, 1.807) is 0 Å². The Kier molecular flexibility index (Phi) is 4.46. The lowest BCUT2D eigenvalue weighted by molar-refractivity contribution is 1.54. The minimum absolute atomic E-state index is 0.714.